The topological polar surface area (TPSA) is 63.3 Å². The van der Waals surface area contributed by atoms with Gasteiger partial charge in [-0.05, 0) is 46.9 Å². The van der Waals surface area contributed by atoms with E-state index < -0.39 is 5.97 Å². The molecule has 0 bridgehead atoms. The lowest BCUT2D eigenvalue weighted by Gasteiger charge is -1.91. The molecule has 0 saturated carbocycles. The van der Waals surface area contributed by atoms with E-state index in [1.54, 1.807) is 17.4 Å². The van der Waals surface area contributed by atoms with Gasteiger partial charge in [0.25, 0.3) is 0 Å². The summed E-state index contributed by atoms with van der Waals surface area (Å²) in [7, 11) is 0. The molecule has 0 aliphatic rings. The number of oxazole rings is 1. The quantitative estimate of drug-likeness (QED) is 0.695. The Morgan fingerprint density at radius 3 is 2.89 bits per heavy atom. The largest absolute Gasteiger partial charge is 0.478 e. The van der Waals surface area contributed by atoms with E-state index in [4.69, 9.17) is 9.52 Å². The van der Waals surface area contributed by atoms with E-state index >= 15 is 0 Å². The van der Waals surface area contributed by atoms with Gasteiger partial charge in [0, 0.05) is 10.9 Å². The van der Waals surface area contributed by atoms with E-state index in [1.165, 1.54) is 12.1 Å². The van der Waals surface area contributed by atoms with Crippen molar-refractivity contribution in [3.63, 3.8) is 0 Å². The number of nitrogens with zero attached hydrogens (tertiary/aromatic N) is 1. The third kappa shape index (κ3) is 2.01. The highest BCUT2D eigenvalue weighted by Gasteiger charge is 2.12. The van der Waals surface area contributed by atoms with Gasteiger partial charge in [0.15, 0.2) is 5.58 Å². The van der Waals surface area contributed by atoms with Crippen molar-refractivity contribution in [2.75, 3.05) is 0 Å². The first kappa shape index (κ1) is 11.7. The van der Waals surface area contributed by atoms with Crippen LogP contribution in [0.4, 0.5) is 0 Å². The van der Waals surface area contributed by atoms with Crippen molar-refractivity contribution in [2.24, 2.45) is 0 Å². The molecule has 0 aliphatic carbocycles. The highest BCUT2D eigenvalue weighted by atomic mass is 127. The van der Waals surface area contributed by atoms with Gasteiger partial charge >= 0.3 is 5.97 Å². The Morgan fingerprint density at radius 2 is 2.22 bits per heavy atom. The van der Waals surface area contributed by atoms with Gasteiger partial charge in [-0.25, -0.2) is 9.78 Å². The molecule has 0 saturated heterocycles. The number of fused-ring (bicyclic) bond motifs is 1. The number of hydrogen-bond donors (Lipinski definition) is 1. The molecule has 4 nitrogen and oxygen atoms in total. The van der Waals surface area contributed by atoms with Crippen LogP contribution in [-0.4, -0.2) is 16.1 Å². The number of aromatic carboxylic acids is 1. The molecule has 3 rings (SSSR count). The second kappa shape index (κ2) is 4.36. The molecular formula is C12H6INO3S. The Kier molecular flexibility index (Phi) is 2.83. The minimum atomic E-state index is -0.972. The third-order valence-corrected chi connectivity index (χ3v) is 4.24. The molecule has 1 N–H and O–H groups in total. The molecule has 2 heterocycles. The normalized spacial score (nSPS) is 10.9. The molecule has 0 fully saturated rings. The zero-order valence-electron chi connectivity index (χ0n) is 8.88. The Labute approximate surface area is 119 Å². The standard InChI is InChI=1S/C12H6INO3S/c13-10-4-7(5-18-10)11-14-8-2-1-6(12(15)16)3-9(8)17-11/h1-5H,(H,15,16). The smallest absolute Gasteiger partial charge is 0.335 e. The van der Waals surface area contributed by atoms with Gasteiger partial charge in [-0.1, -0.05) is 0 Å². The molecule has 0 aliphatic heterocycles. The fraction of sp³-hybridized carbons (Fsp3) is 0. The predicted octanol–water partition coefficient (Wildman–Crippen LogP) is 3.86. The zero-order valence-corrected chi connectivity index (χ0v) is 11.9. The van der Waals surface area contributed by atoms with E-state index in [9.17, 15) is 4.79 Å². The minimum absolute atomic E-state index is 0.199. The number of aromatic nitrogens is 1. The van der Waals surface area contributed by atoms with Gasteiger partial charge in [0.05, 0.1) is 8.45 Å². The summed E-state index contributed by atoms with van der Waals surface area (Å²) in [6, 6.07) is 6.65. The Hall–Kier alpha value is -1.41. The van der Waals surface area contributed by atoms with Crippen molar-refractivity contribution >= 4 is 51.0 Å². The second-order valence-corrected chi connectivity index (χ2v) is 6.45. The van der Waals surface area contributed by atoms with E-state index in [2.05, 4.69) is 27.6 Å². The molecule has 3 aromatic rings. The fourth-order valence-corrected chi connectivity index (χ4v) is 2.92. The Morgan fingerprint density at radius 1 is 1.39 bits per heavy atom. The van der Waals surface area contributed by atoms with Crippen LogP contribution >= 0.6 is 33.9 Å². The van der Waals surface area contributed by atoms with Crippen LogP contribution in [0.15, 0.2) is 34.1 Å². The van der Waals surface area contributed by atoms with E-state index in [0.717, 1.165) is 8.45 Å². The lowest BCUT2D eigenvalue weighted by atomic mass is 10.2. The number of rotatable bonds is 2. The molecule has 6 heteroatoms. The molecule has 0 unspecified atom stereocenters. The lowest BCUT2D eigenvalue weighted by Crippen LogP contribution is -1.94. The molecule has 90 valence electrons. The van der Waals surface area contributed by atoms with Gasteiger partial charge in [0.1, 0.15) is 5.52 Å². The maximum absolute atomic E-state index is 10.9. The predicted molar refractivity (Wildman–Crippen MR) is 77.0 cm³/mol. The summed E-state index contributed by atoms with van der Waals surface area (Å²) in [6.45, 7) is 0. The van der Waals surface area contributed by atoms with Crippen LogP contribution in [-0.2, 0) is 0 Å². The third-order valence-electron chi connectivity index (χ3n) is 2.45. The molecule has 1 aromatic carbocycles. The van der Waals surface area contributed by atoms with Crippen LogP contribution in [0.2, 0.25) is 0 Å². The zero-order chi connectivity index (χ0) is 12.7. The number of carbonyl (C=O) groups is 1. The molecule has 0 amide bonds. The van der Waals surface area contributed by atoms with Crippen molar-refractivity contribution in [2.45, 2.75) is 0 Å². The van der Waals surface area contributed by atoms with Gasteiger partial charge in [-0.15, -0.1) is 11.3 Å². The highest BCUT2D eigenvalue weighted by Crippen LogP contribution is 2.29. The molecule has 18 heavy (non-hydrogen) atoms. The van der Waals surface area contributed by atoms with Crippen LogP contribution in [0.1, 0.15) is 10.4 Å². The van der Waals surface area contributed by atoms with Crippen LogP contribution in [0, 0.1) is 2.88 Å². The van der Waals surface area contributed by atoms with Crippen molar-refractivity contribution < 1.29 is 14.3 Å². The summed E-state index contributed by atoms with van der Waals surface area (Å²) in [6.07, 6.45) is 0. The number of halogens is 1. The van der Waals surface area contributed by atoms with Crippen LogP contribution < -0.4 is 0 Å². The summed E-state index contributed by atoms with van der Waals surface area (Å²) in [5, 5.41) is 10.9. The first-order valence-electron chi connectivity index (χ1n) is 5.02. The van der Waals surface area contributed by atoms with E-state index in [1.807, 2.05) is 11.4 Å². The van der Waals surface area contributed by atoms with Crippen LogP contribution in [0.3, 0.4) is 0 Å². The molecular weight excluding hydrogens is 365 g/mol. The fourth-order valence-electron chi connectivity index (χ4n) is 1.60. The summed E-state index contributed by atoms with van der Waals surface area (Å²) >= 11 is 3.84. The van der Waals surface area contributed by atoms with Gasteiger partial charge in [-0.2, -0.15) is 0 Å². The van der Waals surface area contributed by atoms with Gasteiger partial charge in [0.2, 0.25) is 5.89 Å². The molecule has 2 aromatic heterocycles. The summed E-state index contributed by atoms with van der Waals surface area (Å²) in [5.41, 5.74) is 2.27. The average molecular weight is 371 g/mol. The average Bonchev–Trinajstić information content (AvgIpc) is 2.93. The number of thiophene rings is 1. The van der Waals surface area contributed by atoms with Crippen molar-refractivity contribution in [3.05, 3.63) is 38.1 Å². The van der Waals surface area contributed by atoms with Crippen molar-refractivity contribution in [1.29, 1.82) is 0 Å². The molecule has 0 radical (unpaired) electrons. The number of benzene rings is 1. The first-order valence-corrected chi connectivity index (χ1v) is 6.97. The van der Waals surface area contributed by atoms with Crippen LogP contribution in [0.5, 0.6) is 0 Å². The van der Waals surface area contributed by atoms with Crippen LogP contribution in [0.25, 0.3) is 22.6 Å². The summed E-state index contributed by atoms with van der Waals surface area (Å²) < 4.78 is 6.74. The van der Waals surface area contributed by atoms with Gasteiger partial charge in [-0.3, -0.25) is 0 Å². The molecule has 0 atom stereocenters. The minimum Gasteiger partial charge on any atom is -0.478 e. The Bertz CT molecular complexity index is 747. The maximum Gasteiger partial charge on any atom is 0.335 e. The monoisotopic (exact) mass is 371 g/mol. The Balaban J connectivity index is 2.13. The number of hydrogen-bond acceptors (Lipinski definition) is 4. The van der Waals surface area contributed by atoms with E-state index in [-0.39, 0.29) is 5.56 Å². The molecule has 0 spiro atoms. The van der Waals surface area contributed by atoms with Crippen molar-refractivity contribution in [3.8, 4) is 11.5 Å². The van der Waals surface area contributed by atoms with E-state index in [0.29, 0.717) is 17.0 Å². The van der Waals surface area contributed by atoms with Gasteiger partial charge < -0.3 is 9.52 Å². The lowest BCUT2D eigenvalue weighted by molar-refractivity contribution is 0.0697. The number of carboxylic acids is 1. The maximum atomic E-state index is 10.9. The SMILES string of the molecule is O=C(O)c1ccc2nc(-c3csc(I)c3)oc2c1. The summed E-state index contributed by atoms with van der Waals surface area (Å²) in [5.74, 6) is -0.452. The highest BCUT2D eigenvalue weighted by molar-refractivity contribution is 14.1. The van der Waals surface area contributed by atoms with Crippen molar-refractivity contribution in [1.82, 2.24) is 4.98 Å². The second-order valence-electron chi connectivity index (χ2n) is 3.65. The first-order chi connectivity index (χ1) is 8.63. The summed E-state index contributed by atoms with van der Waals surface area (Å²) in [4.78, 5) is 15.2. The number of carboxylic acid groups (broad SMARTS) is 1.